The lowest BCUT2D eigenvalue weighted by Gasteiger charge is -2.20. The third-order valence-corrected chi connectivity index (χ3v) is 8.05. The second kappa shape index (κ2) is 12.4. The molecule has 1 atom stereocenters. The maximum atomic E-state index is 13.4. The first-order chi connectivity index (χ1) is 21.4. The van der Waals surface area contributed by atoms with Crippen molar-refractivity contribution < 1.29 is 19.5 Å². The average Bonchev–Trinajstić information content (AvgIpc) is 3.35. The maximum Gasteiger partial charge on any atom is 0.336 e. The van der Waals surface area contributed by atoms with E-state index >= 15 is 0 Å². The molecule has 0 radical (unpaired) electrons. The molecule has 216 valence electrons. The number of amidine groups is 1. The summed E-state index contributed by atoms with van der Waals surface area (Å²) in [6.07, 6.45) is 1.74. The van der Waals surface area contributed by atoms with Gasteiger partial charge in [0.05, 0.1) is 27.7 Å². The Labute approximate surface area is 257 Å². The fraction of sp³-hybridized carbons (Fsp3) is 0.0571. The molecule has 4 aromatic carbocycles. The number of nitrogens with one attached hydrogen (secondary N) is 1. The maximum absolute atomic E-state index is 13.4. The van der Waals surface area contributed by atoms with Crippen LogP contribution in [0.1, 0.15) is 22.8 Å². The van der Waals surface area contributed by atoms with Crippen LogP contribution in [0.15, 0.2) is 126 Å². The lowest BCUT2D eigenvalue weighted by molar-refractivity contribution is -0.115. The number of fused-ring (bicyclic) bond motifs is 1. The zero-order valence-corrected chi connectivity index (χ0v) is 24.4. The summed E-state index contributed by atoms with van der Waals surface area (Å²) in [7, 11) is 0. The van der Waals surface area contributed by atoms with Gasteiger partial charge in [-0.3, -0.25) is 14.5 Å². The number of carboxylic acids is 1. The van der Waals surface area contributed by atoms with Crippen LogP contribution in [0.5, 0.6) is 0 Å². The van der Waals surface area contributed by atoms with Crippen molar-refractivity contribution in [2.45, 2.75) is 12.2 Å². The van der Waals surface area contributed by atoms with Gasteiger partial charge >= 0.3 is 5.97 Å². The van der Waals surface area contributed by atoms with E-state index in [1.807, 2.05) is 66.7 Å². The second-order valence-corrected chi connectivity index (χ2v) is 11.3. The lowest BCUT2D eigenvalue weighted by atomic mass is 10.0. The number of hydrogen-bond donors (Lipinski definition) is 2. The van der Waals surface area contributed by atoms with Crippen molar-refractivity contribution >= 4 is 63.1 Å². The van der Waals surface area contributed by atoms with E-state index in [4.69, 9.17) is 0 Å². The summed E-state index contributed by atoms with van der Waals surface area (Å²) < 4.78 is 0. The number of pyridine rings is 1. The Bertz CT molecular complexity index is 1940. The van der Waals surface area contributed by atoms with Crippen LogP contribution in [0, 0.1) is 0 Å². The number of hydrogen-bond acceptors (Lipinski definition) is 6. The number of carboxylic acid groups (broad SMARTS) is 1. The highest BCUT2D eigenvalue weighted by Gasteiger charge is 2.34. The van der Waals surface area contributed by atoms with Gasteiger partial charge in [-0.15, -0.1) is 0 Å². The molecule has 0 fully saturated rings. The molecular weight excluding hydrogens is 572 g/mol. The van der Waals surface area contributed by atoms with Gasteiger partial charge in [0.25, 0.3) is 5.91 Å². The number of benzene rings is 4. The van der Waals surface area contributed by atoms with Crippen molar-refractivity contribution in [1.29, 1.82) is 0 Å². The molecule has 0 spiro atoms. The Morgan fingerprint density at radius 1 is 0.886 bits per heavy atom. The minimum absolute atomic E-state index is 0.174. The molecule has 5 aromatic rings. The third kappa shape index (κ3) is 5.99. The molecule has 1 aromatic heterocycles. The van der Waals surface area contributed by atoms with Gasteiger partial charge in [-0.25, -0.2) is 14.8 Å². The van der Waals surface area contributed by atoms with Crippen molar-refractivity contribution in [2.24, 2.45) is 4.99 Å². The van der Waals surface area contributed by atoms with Crippen molar-refractivity contribution in [2.75, 3.05) is 10.2 Å². The fourth-order valence-electron chi connectivity index (χ4n) is 4.77. The van der Waals surface area contributed by atoms with Gasteiger partial charge < -0.3 is 10.4 Å². The number of carbonyl (C=O) groups excluding carboxylic acids is 2. The van der Waals surface area contributed by atoms with Crippen LogP contribution in [0.25, 0.3) is 28.2 Å². The van der Waals surface area contributed by atoms with Gasteiger partial charge in [0.2, 0.25) is 5.91 Å². The Morgan fingerprint density at radius 2 is 1.55 bits per heavy atom. The molecule has 6 rings (SSSR count). The molecule has 0 saturated carbocycles. The van der Waals surface area contributed by atoms with Gasteiger partial charge in [0.1, 0.15) is 5.70 Å². The summed E-state index contributed by atoms with van der Waals surface area (Å²) in [4.78, 5) is 49.3. The smallest absolute Gasteiger partial charge is 0.336 e. The Balaban J connectivity index is 1.20. The van der Waals surface area contributed by atoms with E-state index in [2.05, 4.69) is 15.3 Å². The molecule has 9 heteroatoms. The van der Waals surface area contributed by atoms with Gasteiger partial charge in [0, 0.05) is 16.6 Å². The van der Waals surface area contributed by atoms with E-state index in [1.54, 1.807) is 61.5 Å². The highest BCUT2D eigenvalue weighted by atomic mass is 32.2. The standard InChI is InChI=1S/C35H26N4O4S/c1-22(44-35-38-31(20-23-10-4-2-5-11-23)33(41)39(35)26-12-6-3-7-13-26)32(40)36-25-18-16-24(17-19-25)30-21-28(34(42)43)27-14-8-9-15-29(27)37-30/h2-22H,1H3,(H,36,40)(H,42,43)/b31-20-. The number of nitrogens with zero attached hydrogens (tertiary/aromatic N) is 3. The van der Waals surface area contributed by atoms with E-state index in [1.165, 1.54) is 16.7 Å². The fourth-order valence-corrected chi connectivity index (χ4v) is 5.69. The lowest BCUT2D eigenvalue weighted by Crippen LogP contribution is -2.33. The number of amides is 2. The molecule has 2 N–H and O–H groups in total. The molecule has 0 saturated heterocycles. The minimum Gasteiger partial charge on any atom is -0.478 e. The summed E-state index contributed by atoms with van der Waals surface area (Å²) in [5, 5.41) is 13.0. The minimum atomic E-state index is -1.03. The molecule has 1 unspecified atom stereocenters. The second-order valence-electron chi connectivity index (χ2n) is 10.0. The average molecular weight is 599 g/mol. The Kier molecular flexibility index (Phi) is 8.03. The highest BCUT2D eigenvalue weighted by molar-refractivity contribution is 8.15. The largest absolute Gasteiger partial charge is 0.478 e. The quantitative estimate of drug-likeness (QED) is 0.193. The molecule has 2 amide bonds. The van der Waals surface area contributed by atoms with E-state index < -0.39 is 11.2 Å². The zero-order valence-electron chi connectivity index (χ0n) is 23.5. The van der Waals surface area contributed by atoms with Crippen LogP contribution in [-0.4, -0.2) is 38.3 Å². The number of rotatable bonds is 7. The Hall–Kier alpha value is -5.54. The number of carbonyl (C=O) groups is 3. The predicted octanol–water partition coefficient (Wildman–Crippen LogP) is 7.10. The molecule has 1 aliphatic heterocycles. The van der Waals surface area contributed by atoms with Crippen LogP contribution < -0.4 is 10.2 Å². The van der Waals surface area contributed by atoms with Crippen molar-refractivity contribution in [3.05, 3.63) is 132 Å². The SMILES string of the molecule is CC(SC1=N/C(=C\c2ccccc2)C(=O)N1c1ccccc1)C(=O)Nc1ccc(-c2cc(C(=O)O)c3ccccc3n2)cc1. The van der Waals surface area contributed by atoms with Crippen molar-refractivity contribution in [1.82, 2.24) is 4.98 Å². The van der Waals surface area contributed by atoms with Crippen LogP contribution in [0.4, 0.5) is 11.4 Å². The van der Waals surface area contributed by atoms with Crippen LogP contribution in [-0.2, 0) is 9.59 Å². The van der Waals surface area contributed by atoms with Crippen molar-refractivity contribution in [3.63, 3.8) is 0 Å². The van der Waals surface area contributed by atoms with Crippen LogP contribution >= 0.6 is 11.8 Å². The zero-order chi connectivity index (χ0) is 30.6. The van der Waals surface area contributed by atoms with Crippen LogP contribution in [0.3, 0.4) is 0 Å². The first kappa shape index (κ1) is 28.6. The molecule has 2 heterocycles. The predicted molar refractivity (Wildman–Crippen MR) is 176 cm³/mol. The number of anilines is 2. The van der Waals surface area contributed by atoms with Gasteiger partial charge in [0.15, 0.2) is 5.17 Å². The third-order valence-electron chi connectivity index (χ3n) is 6.99. The summed E-state index contributed by atoms with van der Waals surface area (Å²) in [5.41, 5.74) is 4.38. The number of aromatic nitrogens is 1. The monoisotopic (exact) mass is 598 g/mol. The van der Waals surface area contributed by atoms with E-state index in [9.17, 15) is 19.5 Å². The molecule has 1 aliphatic rings. The topological polar surface area (TPSA) is 112 Å². The first-order valence-corrected chi connectivity index (χ1v) is 14.7. The van der Waals surface area contributed by atoms with Crippen molar-refractivity contribution in [3.8, 4) is 11.3 Å². The summed E-state index contributed by atoms with van der Waals surface area (Å²) >= 11 is 1.20. The summed E-state index contributed by atoms with van der Waals surface area (Å²) in [6.45, 7) is 1.76. The van der Waals surface area contributed by atoms with Gasteiger partial charge in [-0.05, 0) is 55.0 Å². The van der Waals surface area contributed by atoms with Crippen LogP contribution in [0.2, 0.25) is 0 Å². The normalized spacial score (nSPS) is 14.5. The number of thioether (sulfide) groups is 1. The number of aliphatic imine (C=N–C) groups is 1. The van der Waals surface area contributed by atoms with E-state index in [0.717, 1.165) is 5.56 Å². The molecule has 44 heavy (non-hydrogen) atoms. The van der Waals surface area contributed by atoms with Gasteiger partial charge in [-0.2, -0.15) is 0 Å². The molecule has 0 bridgehead atoms. The Morgan fingerprint density at radius 3 is 2.25 bits per heavy atom. The molecule has 0 aliphatic carbocycles. The number of aromatic carboxylic acids is 1. The summed E-state index contributed by atoms with van der Waals surface area (Å²) in [6, 6.07) is 34.4. The van der Waals surface area contributed by atoms with Gasteiger partial charge in [-0.1, -0.05) is 90.6 Å². The highest BCUT2D eigenvalue weighted by Crippen LogP contribution is 2.32. The number of para-hydroxylation sites is 2. The summed E-state index contributed by atoms with van der Waals surface area (Å²) in [5.74, 6) is -1.55. The first-order valence-electron chi connectivity index (χ1n) is 13.8. The molecule has 8 nitrogen and oxygen atoms in total. The van der Waals surface area contributed by atoms with E-state index in [-0.39, 0.29) is 17.4 Å². The molecular formula is C35H26N4O4S. The van der Waals surface area contributed by atoms with E-state index in [0.29, 0.717) is 44.4 Å².